The van der Waals surface area contributed by atoms with Crippen molar-refractivity contribution in [2.75, 3.05) is 6.54 Å². The number of aryl methyl sites for hydroxylation is 1. The molecule has 0 saturated heterocycles. The molecular formula is C15H21N3. The molecule has 0 unspecified atom stereocenters. The van der Waals surface area contributed by atoms with Crippen LogP contribution in [0.4, 0.5) is 0 Å². The Morgan fingerprint density at radius 3 is 2.56 bits per heavy atom. The first kappa shape index (κ1) is 12.8. The Balaban J connectivity index is 2.04. The number of hydrogen-bond acceptors (Lipinski definition) is 2. The van der Waals surface area contributed by atoms with E-state index in [1.807, 2.05) is 10.9 Å². The number of nitrogens with one attached hydrogen (secondary N) is 1. The molecule has 0 fully saturated rings. The second-order valence-electron chi connectivity index (χ2n) is 4.45. The molecule has 1 aromatic carbocycles. The molecule has 0 aliphatic rings. The van der Waals surface area contributed by atoms with E-state index in [1.54, 1.807) is 0 Å². The number of hydrogen-bond donors (Lipinski definition) is 1. The van der Waals surface area contributed by atoms with Gasteiger partial charge in [0.2, 0.25) is 0 Å². The fourth-order valence-corrected chi connectivity index (χ4v) is 1.88. The van der Waals surface area contributed by atoms with Gasteiger partial charge >= 0.3 is 0 Å². The molecule has 2 aromatic rings. The van der Waals surface area contributed by atoms with Gasteiger partial charge in [0.1, 0.15) is 0 Å². The summed E-state index contributed by atoms with van der Waals surface area (Å²) in [5, 5.41) is 7.92. The topological polar surface area (TPSA) is 29.9 Å². The largest absolute Gasteiger partial charge is 0.311 e. The van der Waals surface area contributed by atoms with Crippen molar-refractivity contribution < 1.29 is 0 Å². The summed E-state index contributed by atoms with van der Waals surface area (Å²) in [5.74, 6) is 0. The van der Waals surface area contributed by atoms with Gasteiger partial charge in [-0.15, -0.1) is 0 Å². The van der Waals surface area contributed by atoms with Crippen LogP contribution in [0.15, 0.2) is 36.5 Å². The van der Waals surface area contributed by atoms with Crippen molar-refractivity contribution in [1.82, 2.24) is 15.1 Å². The van der Waals surface area contributed by atoms with Crippen molar-refractivity contribution in [2.45, 2.75) is 33.2 Å². The van der Waals surface area contributed by atoms with Crippen LogP contribution in [0.5, 0.6) is 0 Å². The standard InChI is InChI=1S/C15H21N3/c1-3-10-16-12-14-9-11-18(17-14)15-7-5-13(4-2)6-8-15/h5-9,11,16H,3-4,10,12H2,1-2H3. The van der Waals surface area contributed by atoms with E-state index in [4.69, 9.17) is 0 Å². The molecule has 0 bridgehead atoms. The van der Waals surface area contributed by atoms with Crippen molar-refractivity contribution >= 4 is 0 Å². The van der Waals surface area contributed by atoms with Gasteiger partial charge in [-0.2, -0.15) is 5.10 Å². The third kappa shape index (κ3) is 3.20. The highest BCUT2D eigenvalue weighted by molar-refractivity contribution is 5.34. The van der Waals surface area contributed by atoms with E-state index >= 15 is 0 Å². The summed E-state index contributed by atoms with van der Waals surface area (Å²) in [4.78, 5) is 0. The van der Waals surface area contributed by atoms with E-state index in [9.17, 15) is 0 Å². The number of benzene rings is 1. The Labute approximate surface area is 109 Å². The molecule has 0 atom stereocenters. The summed E-state index contributed by atoms with van der Waals surface area (Å²) in [7, 11) is 0. The molecule has 0 aliphatic heterocycles. The van der Waals surface area contributed by atoms with E-state index in [0.29, 0.717) is 0 Å². The minimum absolute atomic E-state index is 0.841. The fourth-order valence-electron chi connectivity index (χ4n) is 1.88. The third-order valence-corrected chi connectivity index (χ3v) is 2.99. The maximum Gasteiger partial charge on any atom is 0.0766 e. The predicted molar refractivity (Wildman–Crippen MR) is 74.9 cm³/mol. The third-order valence-electron chi connectivity index (χ3n) is 2.99. The average Bonchev–Trinajstić information content (AvgIpc) is 2.88. The molecule has 0 spiro atoms. The fraction of sp³-hybridized carbons (Fsp3) is 0.400. The maximum atomic E-state index is 4.56. The molecule has 0 saturated carbocycles. The highest BCUT2D eigenvalue weighted by Crippen LogP contribution is 2.10. The smallest absolute Gasteiger partial charge is 0.0766 e. The van der Waals surface area contributed by atoms with Crippen LogP contribution in [0.2, 0.25) is 0 Å². The van der Waals surface area contributed by atoms with Gasteiger partial charge in [0, 0.05) is 12.7 Å². The average molecular weight is 243 g/mol. The van der Waals surface area contributed by atoms with Crippen LogP contribution in [0.3, 0.4) is 0 Å². The van der Waals surface area contributed by atoms with Crippen LogP contribution < -0.4 is 5.32 Å². The zero-order valence-corrected chi connectivity index (χ0v) is 11.2. The molecule has 2 rings (SSSR count). The van der Waals surface area contributed by atoms with Gasteiger partial charge in [0.15, 0.2) is 0 Å². The Hall–Kier alpha value is -1.61. The van der Waals surface area contributed by atoms with E-state index in [1.165, 1.54) is 5.56 Å². The van der Waals surface area contributed by atoms with Crippen LogP contribution in [-0.2, 0) is 13.0 Å². The van der Waals surface area contributed by atoms with Crippen molar-refractivity contribution in [3.8, 4) is 5.69 Å². The van der Waals surface area contributed by atoms with Gasteiger partial charge in [0.05, 0.1) is 11.4 Å². The van der Waals surface area contributed by atoms with Crippen molar-refractivity contribution in [3.05, 3.63) is 47.8 Å². The van der Waals surface area contributed by atoms with Crippen LogP contribution >= 0.6 is 0 Å². The molecule has 0 aliphatic carbocycles. The maximum absolute atomic E-state index is 4.56. The lowest BCUT2D eigenvalue weighted by Crippen LogP contribution is -2.14. The Kier molecular flexibility index (Phi) is 4.53. The zero-order valence-electron chi connectivity index (χ0n) is 11.2. The SMILES string of the molecule is CCCNCc1ccn(-c2ccc(CC)cc2)n1. The zero-order chi connectivity index (χ0) is 12.8. The van der Waals surface area contributed by atoms with Gasteiger partial charge < -0.3 is 5.32 Å². The Morgan fingerprint density at radius 1 is 1.11 bits per heavy atom. The van der Waals surface area contributed by atoms with Crippen molar-refractivity contribution in [3.63, 3.8) is 0 Å². The quantitative estimate of drug-likeness (QED) is 0.791. The highest BCUT2D eigenvalue weighted by atomic mass is 15.3. The molecule has 18 heavy (non-hydrogen) atoms. The van der Waals surface area contributed by atoms with Crippen molar-refractivity contribution in [2.24, 2.45) is 0 Å². The van der Waals surface area contributed by atoms with E-state index in [2.05, 4.69) is 54.6 Å². The molecule has 0 amide bonds. The lowest BCUT2D eigenvalue weighted by Gasteiger charge is -2.03. The number of aromatic nitrogens is 2. The molecule has 1 N–H and O–H groups in total. The molecule has 3 heteroatoms. The molecule has 96 valence electrons. The van der Waals surface area contributed by atoms with Gasteiger partial charge in [-0.3, -0.25) is 0 Å². The second kappa shape index (κ2) is 6.36. The summed E-state index contributed by atoms with van der Waals surface area (Å²) in [6.45, 7) is 6.22. The number of rotatable bonds is 6. The summed E-state index contributed by atoms with van der Waals surface area (Å²) >= 11 is 0. The number of nitrogens with zero attached hydrogens (tertiary/aromatic N) is 2. The van der Waals surface area contributed by atoms with Gasteiger partial charge in [-0.1, -0.05) is 26.0 Å². The molecular weight excluding hydrogens is 222 g/mol. The van der Waals surface area contributed by atoms with Crippen LogP contribution in [0.25, 0.3) is 5.69 Å². The van der Waals surface area contributed by atoms with Crippen LogP contribution in [-0.4, -0.2) is 16.3 Å². The van der Waals surface area contributed by atoms with Gasteiger partial charge in [0.25, 0.3) is 0 Å². The first-order chi connectivity index (χ1) is 8.83. The van der Waals surface area contributed by atoms with E-state index < -0.39 is 0 Å². The van der Waals surface area contributed by atoms with Crippen molar-refractivity contribution in [1.29, 1.82) is 0 Å². The van der Waals surface area contributed by atoms with E-state index in [-0.39, 0.29) is 0 Å². The minimum atomic E-state index is 0.841. The predicted octanol–water partition coefficient (Wildman–Crippen LogP) is 2.93. The Morgan fingerprint density at radius 2 is 1.89 bits per heavy atom. The minimum Gasteiger partial charge on any atom is -0.311 e. The second-order valence-corrected chi connectivity index (χ2v) is 4.45. The van der Waals surface area contributed by atoms with Crippen LogP contribution in [0, 0.1) is 0 Å². The van der Waals surface area contributed by atoms with Gasteiger partial charge in [-0.05, 0) is 43.1 Å². The first-order valence-corrected chi connectivity index (χ1v) is 6.68. The molecule has 1 aromatic heterocycles. The molecule has 0 radical (unpaired) electrons. The lowest BCUT2D eigenvalue weighted by molar-refractivity contribution is 0.656. The normalized spacial score (nSPS) is 10.8. The first-order valence-electron chi connectivity index (χ1n) is 6.68. The summed E-state index contributed by atoms with van der Waals surface area (Å²) in [6.07, 6.45) is 4.24. The summed E-state index contributed by atoms with van der Waals surface area (Å²) in [5.41, 5.74) is 3.56. The molecule has 1 heterocycles. The highest BCUT2D eigenvalue weighted by Gasteiger charge is 2.00. The van der Waals surface area contributed by atoms with Crippen LogP contribution in [0.1, 0.15) is 31.5 Å². The lowest BCUT2D eigenvalue weighted by atomic mass is 10.1. The summed E-state index contributed by atoms with van der Waals surface area (Å²) in [6, 6.07) is 10.6. The molecule has 3 nitrogen and oxygen atoms in total. The summed E-state index contributed by atoms with van der Waals surface area (Å²) < 4.78 is 1.93. The van der Waals surface area contributed by atoms with E-state index in [0.717, 1.165) is 37.3 Å². The Bertz CT molecular complexity index is 471. The van der Waals surface area contributed by atoms with Gasteiger partial charge in [-0.25, -0.2) is 4.68 Å². The monoisotopic (exact) mass is 243 g/mol.